The topological polar surface area (TPSA) is 20.2 Å². The smallest absolute Gasteiger partial charge is 0.0682 e. The number of rotatable bonds is 3. The van der Waals surface area contributed by atoms with E-state index in [1.807, 2.05) is 18.2 Å². The van der Waals surface area contributed by atoms with E-state index in [0.717, 1.165) is 10.2 Å². The Hall–Kier alpha value is 0.01000. The third kappa shape index (κ3) is 4.17. The van der Waals surface area contributed by atoms with E-state index in [1.54, 1.807) is 11.8 Å². The first-order valence-electron chi connectivity index (χ1n) is 4.96. The van der Waals surface area contributed by atoms with Gasteiger partial charge in [0.2, 0.25) is 0 Å². The van der Waals surface area contributed by atoms with Crippen LogP contribution in [0.15, 0.2) is 33.6 Å². The normalized spacial score (nSPS) is 13.9. The molecule has 1 rings (SSSR count). The summed E-state index contributed by atoms with van der Waals surface area (Å²) < 4.78 is 1.09. The Labute approximate surface area is 104 Å². The third-order valence-corrected chi connectivity index (χ3v) is 4.34. The Morgan fingerprint density at radius 1 is 1.33 bits per heavy atom. The van der Waals surface area contributed by atoms with Crippen LogP contribution in [0.2, 0.25) is 0 Å². The second-order valence-corrected chi connectivity index (χ2v) is 6.54. The summed E-state index contributed by atoms with van der Waals surface area (Å²) in [6.07, 6.45) is -0.283. The SMILES string of the molecule is CC(C)(C)C(O)CSc1ccccc1Br. The summed E-state index contributed by atoms with van der Waals surface area (Å²) in [7, 11) is 0. The summed E-state index contributed by atoms with van der Waals surface area (Å²) in [6.45, 7) is 6.16. The van der Waals surface area contributed by atoms with E-state index in [0.29, 0.717) is 0 Å². The van der Waals surface area contributed by atoms with Gasteiger partial charge >= 0.3 is 0 Å². The molecular weight excluding hydrogens is 272 g/mol. The van der Waals surface area contributed by atoms with Crippen LogP contribution in [-0.2, 0) is 0 Å². The van der Waals surface area contributed by atoms with E-state index >= 15 is 0 Å². The van der Waals surface area contributed by atoms with Crippen molar-refractivity contribution in [3.8, 4) is 0 Å². The highest BCUT2D eigenvalue weighted by Gasteiger charge is 2.22. The number of aliphatic hydroxyl groups is 1. The molecular formula is C12H17BrOS. The summed E-state index contributed by atoms with van der Waals surface area (Å²) in [6, 6.07) is 8.08. The molecule has 84 valence electrons. The molecule has 0 aliphatic rings. The summed E-state index contributed by atoms with van der Waals surface area (Å²) in [5, 5.41) is 9.90. The van der Waals surface area contributed by atoms with Crippen LogP contribution in [0, 0.1) is 5.41 Å². The number of hydrogen-bond acceptors (Lipinski definition) is 2. The highest BCUT2D eigenvalue weighted by molar-refractivity contribution is 9.10. The fourth-order valence-corrected chi connectivity index (χ4v) is 2.83. The molecule has 1 aromatic carbocycles. The molecule has 0 aliphatic heterocycles. The monoisotopic (exact) mass is 288 g/mol. The van der Waals surface area contributed by atoms with Crippen molar-refractivity contribution in [3.63, 3.8) is 0 Å². The predicted molar refractivity (Wildman–Crippen MR) is 70.3 cm³/mol. The largest absolute Gasteiger partial charge is 0.392 e. The highest BCUT2D eigenvalue weighted by atomic mass is 79.9. The lowest BCUT2D eigenvalue weighted by Crippen LogP contribution is -2.28. The van der Waals surface area contributed by atoms with Gasteiger partial charge in [0.15, 0.2) is 0 Å². The van der Waals surface area contributed by atoms with Gasteiger partial charge in [0.25, 0.3) is 0 Å². The molecule has 1 aromatic rings. The van der Waals surface area contributed by atoms with Gasteiger partial charge in [-0.2, -0.15) is 0 Å². The molecule has 1 nitrogen and oxygen atoms in total. The molecule has 0 radical (unpaired) electrons. The Kier molecular flexibility index (Phi) is 4.68. The summed E-state index contributed by atoms with van der Waals surface area (Å²) in [5.74, 6) is 0.728. The zero-order valence-corrected chi connectivity index (χ0v) is 11.7. The third-order valence-electron chi connectivity index (χ3n) is 2.23. The summed E-state index contributed by atoms with van der Waals surface area (Å²) in [4.78, 5) is 1.18. The van der Waals surface area contributed by atoms with Crippen LogP contribution in [0.1, 0.15) is 20.8 Å². The van der Waals surface area contributed by atoms with E-state index in [4.69, 9.17) is 0 Å². The average Bonchev–Trinajstić information content (AvgIpc) is 2.14. The summed E-state index contributed by atoms with van der Waals surface area (Å²) >= 11 is 5.18. The molecule has 1 N–H and O–H groups in total. The van der Waals surface area contributed by atoms with Crippen LogP contribution < -0.4 is 0 Å². The molecule has 0 saturated heterocycles. The van der Waals surface area contributed by atoms with Crippen molar-refractivity contribution in [2.75, 3.05) is 5.75 Å². The zero-order valence-electron chi connectivity index (χ0n) is 9.33. The maximum absolute atomic E-state index is 9.90. The second kappa shape index (κ2) is 5.37. The minimum atomic E-state index is -0.283. The van der Waals surface area contributed by atoms with Crippen LogP contribution in [0.4, 0.5) is 0 Å². The van der Waals surface area contributed by atoms with Gasteiger partial charge in [-0.05, 0) is 33.5 Å². The maximum atomic E-state index is 9.90. The molecule has 0 bridgehead atoms. The summed E-state index contributed by atoms with van der Waals surface area (Å²) in [5.41, 5.74) is -0.0474. The Balaban J connectivity index is 2.55. The lowest BCUT2D eigenvalue weighted by atomic mass is 9.90. The van der Waals surface area contributed by atoms with Crippen LogP contribution in [0.3, 0.4) is 0 Å². The quantitative estimate of drug-likeness (QED) is 0.850. The number of thioether (sulfide) groups is 1. The minimum absolute atomic E-state index is 0.0474. The van der Waals surface area contributed by atoms with E-state index in [9.17, 15) is 5.11 Å². The molecule has 0 aromatic heterocycles. The minimum Gasteiger partial charge on any atom is -0.392 e. The number of hydrogen-bond donors (Lipinski definition) is 1. The van der Waals surface area contributed by atoms with Gasteiger partial charge < -0.3 is 5.11 Å². The number of aliphatic hydroxyl groups excluding tert-OH is 1. The number of halogens is 1. The predicted octanol–water partition coefficient (Wildman–Crippen LogP) is 3.95. The van der Waals surface area contributed by atoms with E-state index in [1.165, 1.54) is 4.90 Å². The lowest BCUT2D eigenvalue weighted by Gasteiger charge is -2.25. The molecule has 0 saturated carbocycles. The standard InChI is InChI=1S/C12H17BrOS/c1-12(2,3)11(14)8-15-10-7-5-4-6-9(10)13/h4-7,11,14H,8H2,1-3H3. The Morgan fingerprint density at radius 2 is 1.93 bits per heavy atom. The van der Waals surface area contributed by atoms with Crippen molar-refractivity contribution in [1.29, 1.82) is 0 Å². The molecule has 0 heterocycles. The van der Waals surface area contributed by atoms with E-state index in [-0.39, 0.29) is 11.5 Å². The molecule has 1 atom stereocenters. The molecule has 1 unspecified atom stereocenters. The number of benzene rings is 1. The van der Waals surface area contributed by atoms with Gasteiger partial charge in [-0.1, -0.05) is 32.9 Å². The maximum Gasteiger partial charge on any atom is 0.0682 e. The molecule has 3 heteroatoms. The Bertz CT molecular complexity index is 320. The first-order valence-corrected chi connectivity index (χ1v) is 6.74. The van der Waals surface area contributed by atoms with Crippen LogP contribution in [0.25, 0.3) is 0 Å². The van der Waals surface area contributed by atoms with Gasteiger partial charge in [0, 0.05) is 15.1 Å². The van der Waals surface area contributed by atoms with Crippen molar-refractivity contribution >= 4 is 27.7 Å². The van der Waals surface area contributed by atoms with Crippen molar-refractivity contribution < 1.29 is 5.11 Å². The van der Waals surface area contributed by atoms with Crippen LogP contribution in [0.5, 0.6) is 0 Å². The van der Waals surface area contributed by atoms with Gasteiger partial charge in [-0.3, -0.25) is 0 Å². The van der Waals surface area contributed by atoms with Gasteiger partial charge in [0.05, 0.1) is 6.10 Å². The van der Waals surface area contributed by atoms with Gasteiger partial charge in [-0.25, -0.2) is 0 Å². The molecule has 0 fully saturated rings. The van der Waals surface area contributed by atoms with E-state index in [2.05, 4.69) is 42.8 Å². The highest BCUT2D eigenvalue weighted by Crippen LogP contribution is 2.30. The zero-order chi connectivity index (χ0) is 11.5. The van der Waals surface area contributed by atoms with Crippen molar-refractivity contribution in [3.05, 3.63) is 28.7 Å². The van der Waals surface area contributed by atoms with Crippen molar-refractivity contribution in [2.45, 2.75) is 31.8 Å². The van der Waals surface area contributed by atoms with E-state index < -0.39 is 0 Å². The fraction of sp³-hybridized carbons (Fsp3) is 0.500. The molecule has 0 aliphatic carbocycles. The van der Waals surface area contributed by atoms with Crippen molar-refractivity contribution in [1.82, 2.24) is 0 Å². The molecule has 0 spiro atoms. The first-order chi connectivity index (χ1) is 6.91. The van der Waals surface area contributed by atoms with Crippen molar-refractivity contribution in [2.24, 2.45) is 5.41 Å². The Morgan fingerprint density at radius 3 is 2.47 bits per heavy atom. The fourth-order valence-electron chi connectivity index (χ4n) is 0.981. The van der Waals surface area contributed by atoms with Crippen LogP contribution >= 0.6 is 27.7 Å². The molecule has 15 heavy (non-hydrogen) atoms. The first kappa shape index (κ1) is 13.1. The molecule has 0 amide bonds. The average molecular weight is 289 g/mol. The van der Waals surface area contributed by atoms with Gasteiger partial charge in [0.1, 0.15) is 0 Å². The van der Waals surface area contributed by atoms with Gasteiger partial charge in [-0.15, -0.1) is 11.8 Å². The van der Waals surface area contributed by atoms with Crippen LogP contribution in [-0.4, -0.2) is 17.0 Å². The second-order valence-electron chi connectivity index (χ2n) is 4.62. The lowest BCUT2D eigenvalue weighted by molar-refractivity contribution is 0.0843.